The molecule has 1 heterocycles. The number of aromatic amines is 1. The number of fused-ring (bicyclic) bond motifs is 1. The number of carbonyl (C=O) groups is 1. The highest BCUT2D eigenvalue weighted by Gasteiger charge is 2.09. The van der Waals surface area contributed by atoms with Crippen molar-refractivity contribution >= 4 is 28.4 Å². The molecule has 4 rings (SSSR count). The first-order chi connectivity index (χ1) is 15.2. The van der Waals surface area contributed by atoms with Crippen molar-refractivity contribution in [2.75, 3.05) is 6.54 Å². The Morgan fingerprint density at radius 3 is 2.61 bits per heavy atom. The molecule has 0 unspecified atom stereocenters. The lowest BCUT2D eigenvalue weighted by molar-refractivity contribution is -0.120. The van der Waals surface area contributed by atoms with Crippen molar-refractivity contribution < 1.29 is 4.79 Å². The van der Waals surface area contributed by atoms with E-state index in [9.17, 15) is 9.59 Å². The van der Waals surface area contributed by atoms with Crippen molar-refractivity contribution in [1.29, 1.82) is 0 Å². The second kappa shape index (κ2) is 10.1. The summed E-state index contributed by atoms with van der Waals surface area (Å²) in [5.41, 5.74) is 2.57. The highest BCUT2D eigenvalue weighted by molar-refractivity contribution is 7.98. The van der Waals surface area contributed by atoms with Crippen LogP contribution in [0, 0.1) is 0 Å². The maximum atomic E-state index is 12.3. The molecule has 0 aliphatic heterocycles. The summed E-state index contributed by atoms with van der Waals surface area (Å²) >= 11 is 1.46. The number of nitrogens with one attached hydrogen (secondary N) is 2. The van der Waals surface area contributed by atoms with E-state index in [2.05, 4.69) is 39.6 Å². The summed E-state index contributed by atoms with van der Waals surface area (Å²) in [6, 6.07) is 25.8. The Labute approximate surface area is 184 Å². The molecule has 2 N–H and O–H groups in total. The van der Waals surface area contributed by atoms with Crippen molar-refractivity contribution in [3.05, 3.63) is 106 Å². The first-order valence-corrected chi connectivity index (χ1v) is 11.2. The summed E-state index contributed by atoms with van der Waals surface area (Å²) in [5.74, 6) is 0.538. The van der Waals surface area contributed by atoms with Gasteiger partial charge in [0.25, 0.3) is 5.56 Å². The zero-order chi connectivity index (χ0) is 21.5. The molecule has 0 aliphatic rings. The number of nitrogens with zero attached hydrogens (tertiary/aromatic N) is 1. The summed E-state index contributed by atoms with van der Waals surface area (Å²) in [4.78, 5) is 31.6. The molecule has 6 heteroatoms. The smallest absolute Gasteiger partial charge is 0.251 e. The first kappa shape index (κ1) is 20.9. The Balaban J connectivity index is 1.36. The number of amides is 1. The molecule has 0 atom stereocenters. The predicted octanol–water partition coefficient (Wildman–Crippen LogP) is 4.12. The van der Waals surface area contributed by atoms with Gasteiger partial charge in [-0.1, -0.05) is 84.6 Å². The number of carbonyl (C=O) groups excluding carboxylic acids is 1. The number of rotatable bonds is 8. The topological polar surface area (TPSA) is 74.8 Å². The number of hydrogen-bond acceptors (Lipinski definition) is 4. The molecule has 156 valence electrons. The van der Waals surface area contributed by atoms with Crippen LogP contribution in [0.5, 0.6) is 0 Å². The van der Waals surface area contributed by atoms with Gasteiger partial charge in [-0.2, -0.15) is 0 Å². The van der Waals surface area contributed by atoms with Crippen molar-refractivity contribution in [3.63, 3.8) is 0 Å². The van der Waals surface area contributed by atoms with Crippen LogP contribution in [-0.4, -0.2) is 22.4 Å². The Hall–Kier alpha value is -3.38. The van der Waals surface area contributed by atoms with E-state index < -0.39 is 0 Å². The normalized spacial score (nSPS) is 10.8. The van der Waals surface area contributed by atoms with Gasteiger partial charge in [0.1, 0.15) is 0 Å². The lowest BCUT2D eigenvalue weighted by Crippen LogP contribution is -2.28. The van der Waals surface area contributed by atoms with E-state index in [0.717, 1.165) is 6.42 Å². The minimum absolute atomic E-state index is 0.0839. The molecule has 0 fully saturated rings. The maximum absolute atomic E-state index is 12.3. The zero-order valence-electron chi connectivity index (χ0n) is 17.0. The predicted molar refractivity (Wildman–Crippen MR) is 125 cm³/mol. The summed E-state index contributed by atoms with van der Waals surface area (Å²) in [5, 5.41) is 5.79. The van der Waals surface area contributed by atoms with Gasteiger partial charge in [0.05, 0.1) is 12.1 Å². The van der Waals surface area contributed by atoms with Gasteiger partial charge in [-0.3, -0.25) is 9.59 Å². The molecule has 0 radical (unpaired) electrons. The molecule has 0 spiro atoms. The van der Waals surface area contributed by atoms with E-state index in [-0.39, 0.29) is 17.9 Å². The summed E-state index contributed by atoms with van der Waals surface area (Å²) in [6.45, 7) is 0.550. The molecule has 31 heavy (non-hydrogen) atoms. The van der Waals surface area contributed by atoms with E-state index in [0.29, 0.717) is 23.1 Å². The van der Waals surface area contributed by atoms with Crippen LogP contribution in [0.15, 0.2) is 88.8 Å². The lowest BCUT2D eigenvalue weighted by Gasteiger charge is -2.08. The number of aromatic nitrogens is 2. The highest BCUT2D eigenvalue weighted by atomic mass is 32.2. The van der Waals surface area contributed by atoms with Gasteiger partial charge < -0.3 is 10.3 Å². The second-order valence-corrected chi connectivity index (χ2v) is 8.20. The van der Waals surface area contributed by atoms with Crippen LogP contribution in [0.25, 0.3) is 10.8 Å². The van der Waals surface area contributed by atoms with Crippen molar-refractivity contribution in [2.45, 2.75) is 23.8 Å². The van der Waals surface area contributed by atoms with Crippen LogP contribution in [0.2, 0.25) is 0 Å². The van der Waals surface area contributed by atoms with Gasteiger partial charge in [0.15, 0.2) is 5.16 Å². The largest absolute Gasteiger partial charge is 0.355 e. The number of H-pyrrole nitrogens is 1. The number of thioether (sulfide) groups is 1. The molecular weight excluding hydrogens is 406 g/mol. The van der Waals surface area contributed by atoms with Gasteiger partial charge in [0.2, 0.25) is 5.91 Å². The average molecular weight is 430 g/mol. The zero-order valence-corrected chi connectivity index (χ0v) is 17.8. The highest BCUT2D eigenvalue weighted by Crippen LogP contribution is 2.25. The van der Waals surface area contributed by atoms with E-state index in [1.54, 1.807) is 0 Å². The fraction of sp³-hybridized carbons (Fsp3) is 0.160. The summed E-state index contributed by atoms with van der Waals surface area (Å²) < 4.78 is 0. The average Bonchev–Trinajstić information content (AvgIpc) is 2.78. The first-order valence-electron chi connectivity index (χ1n) is 10.2. The number of hydrogen-bond donors (Lipinski definition) is 2. The van der Waals surface area contributed by atoms with Gasteiger partial charge in [-0.05, 0) is 28.3 Å². The molecular formula is C25H23N3O2S. The third-order valence-corrected chi connectivity index (χ3v) is 5.86. The molecule has 0 saturated carbocycles. The Morgan fingerprint density at radius 2 is 1.74 bits per heavy atom. The van der Waals surface area contributed by atoms with Crippen LogP contribution in [0.3, 0.4) is 0 Å². The van der Waals surface area contributed by atoms with Gasteiger partial charge >= 0.3 is 0 Å². The molecule has 1 aromatic heterocycles. The minimum Gasteiger partial charge on any atom is -0.355 e. The molecule has 0 saturated heterocycles. The molecule has 4 aromatic rings. The van der Waals surface area contributed by atoms with Crippen molar-refractivity contribution in [3.8, 4) is 0 Å². The van der Waals surface area contributed by atoms with Crippen LogP contribution in [-0.2, 0) is 23.4 Å². The quantitative estimate of drug-likeness (QED) is 0.326. The van der Waals surface area contributed by atoms with E-state index in [1.165, 1.54) is 39.7 Å². The number of benzene rings is 3. The van der Waals surface area contributed by atoms with Crippen molar-refractivity contribution in [2.24, 2.45) is 0 Å². The van der Waals surface area contributed by atoms with E-state index in [1.807, 2.05) is 48.5 Å². The molecule has 0 aliphatic carbocycles. The fourth-order valence-corrected chi connectivity index (χ4v) is 4.32. The van der Waals surface area contributed by atoms with E-state index >= 15 is 0 Å². The van der Waals surface area contributed by atoms with Gasteiger partial charge in [-0.25, -0.2) is 4.98 Å². The molecule has 1 amide bonds. The van der Waals surface area contributed by atoms with Crippen LogP contribution >= 0.6 is 11.8 Å². The monoisotopic (exact) mass is 429 g/mol. The van der Waals surface area contributed by atoms with Crippen LogP contribution in [0.1, 0.15) is 16.8 Å². The molecule has 3 aromatic carbocycles. The molecule has 5 nitrogen and oxygen atoms in total. The SMILES string of the molecule is O=C(Cc1cc(=O)[nH]c(SCc2cccc3ccccc23)n1)NCCc1ccccc1. The van der Waals surface area contributed by atoms with Crippen LogP contribution in [0.4, 0.5) is 0 Å². The summed E-state index contributed by atoms with van der Waals surface area (Å²) in [6.07, 6.45) is 0.849. The third kappa shape index (κ3) is 5.83. The molecule has 0 bridgehead atoms. The Morgan fingerprint density at radius 1 is 0.968 bits per heavy atom. The van der Waals surface area contributed by atoms with E-state index in [4.69, 9.17) is 0 Å². The van der Waals surface area contributed by atoms with Crippen molar-refractivity contribution in [1.82, 2.24) is 15.3 Å². The van der Waals surface area contributed by atoms with Crippen LogP contribution < -0.4 is 10.9 Å². The summed E-state index contributed by atoms with van der Waals surface area (Å²) in [7, 11) is 0. The second-order valence-electron chi connectivity index (χ2n) is 7.23. The lowest BCUT2D eigenvalue weighted by atomic mass is 10.1. The Bertz CT molecular complexity index is 1230. The Kier molecular flexibility index (Phi) is 6.79. The van der Waals surface area contributed by atoms with Gasteiger partial charge in [-0.15, -0.1) is 0 Å². The fourth-order valence-electron chi connectivity index (χ4n) is 3.42. The van der Waals surface area contributed by atoms with Gasteiger partial charge in [0, 0.05) is 18.4 Å². The maximum Gasteiger partial charge on any atom is 0.251 e. The standard InChI is InChI=1S/C25H23N3O2S/c29-23(26-14-13-18-7-2-1-3-8-18)15-21-16-24(30)28-25(27-21)31-17-20-11-6-10-19-9-4-5-12-22(19)20/h1-12,16H,13-15,17H2,(H,26,29)(H,27,28,30). The third-order valence-electron chi connectivity index (χ3n) is 4.94. The minimum atomic E-state index is -0.248.